The summed E-state index contributed by atoms with van der Waals surface area (Å²) in [6, 6.07) is 4.21. The minimum Gasteiger partial charge on any atom is -0.340 e. The van der Waals surface area contributed by atoms with Gasteiger partial charge in [0.25, 0.3) is 5.91 Å². The standard InChI is InChI=1S/C14H14ClFN2O2/c1-14(8-5-6-8)13(20)18(7-11(19)17-14)12-9(15)3-2-4-10(12)16/h2-4,8H,5-7H2,1H3,(H,17,19). The molecular weight excluding hydrogens is 283 g/mol. The number of halogens is 2. The lowest BCUT2D eigenvalue weighted by Gasteiger charge is -2.40. The summed E-state index contributed by atoms with van der Waals surface area (Å²) < 4.78 is 14.0. The van der Waals surface area contributed by atoms with E-state index in [1.165, 1.54) is 18.2 Å². The van der Waals surface area contributed by atoms with E-state index < -0.39 is 11.4 Å². The molecule has 1 aromatic carbocycles. The molecule has 1 heterocycles. The van der Waals surface area contributed by atoms with Crippen molar-refractivity contribution in [3.05, 3.63) is 29.0 Å². The molecule has 6 heteroatoms. The van der Waals surface area contributed by atoms with Crippen LogP contribution in [0.15, 0.2) is 18.2 Å². The van der Waals surface area contributed by atoms with Crippen LogP contribution >= 0.6 is 11.6 Å². The quantitative estimate of drug-likeness (QED) is 0.909. The van der Waals surface area contributed by atoms with Crippen molar-refractivity contribution in [3.8, 4) is 0 Å². The summed E-state index contributed by atoms with van der Waals surface area (Å²) in [5, 5.41) is 2.88. The second kappa shape index (κ2) is 4.45. The molecule has 1 aromatic rings. The molecule has 1 saturated carbocycles. The average molecular weight is 297 g/mol. The fraction of sp³-hybridized carbons (Fsp3) is 0.429. The molecule has 2 fully saturated rings. The Morgan fingerprint density at radius 3 is 2.70 bits per heavy atom. The van der Waals surface area contributed by atoms with Gasteiger partial charge in [-0.15, -0.1) is 0 Å². The average Bonchev–Trinajstić information content (AvgIpc) is 3.19. The first-order chi connectivity index (χ1) is 9.43. The lowest BCUT2D eigenvalue weighted by Crippen LogP contribution is -2.66. The number of amides is 2. The number of anilines is 1. The normalized spacial score (nSPS) is 26.6. The highest BCUT2D eigenvalue weighted by Gasteiger charge is 2.53. The molecule has 1 aliphatic carbocycles. The Kier molecular flexibility index (Phi) is 2.97. The van der Waals surface area contributed by atoms with Crippen molar-refractivity contribution in [2.75, 3.05) is 11.4 Å². The Bertz CT molecular complexity index is 583. The van der Waals surface area contributed by atoms with Crippen LogP contribution in [0.1, 0.15) is 19.8 Å². The highest BCUT2D eigenvalue weighted by Crippen LogP contribution is 2.43. The van der Waals surface area contributed by atoms with Crippen molar-refractivity contribution in [1.82, 2.24) is 5.32 Å². The number of nitrogens with zero attached hydrogens (tertiary/aromatic N) is 1. The van der Waals surface area contributed by atoms with Crippen LogP contribution in [0.4, 0.5) is 10.1 Å². The first-order valence-electron chi connectivity index (χ1n) is 6.50. The molecule has 0 bridgehead atoms. The van der Waals surface area contributed by atoms with Gasteiger partial charge in [0, 0.05) is 0 Å². The predicted octanol–water partition coefficient (Wildman–Crippen LogP) is 2.11. The number of benzene rings is 1. The van der Waals surface area contributed by atoms with Crippen LogP contribution in [0.2, 0.25) is 5.02 Å². The number of para-hydroxylation sites is 1. The van der Waals surface area contributed by atoms with Gasteiger partial charge in [0.2, 0.25) is 5.91 Å². The minimum atomic E-state index is -0.957. The van der Waals surface area contributed by atoms with E-state index in [-0.39, 0.29) is 35.0 Å². The Balaban J connectivity index is 2.04. The van der Waals surface area contributed by atoms with E-state index in [2.05, 4.69) is 5.32 Å². The third-order valence-electron chi connectivity index (χ3n) is 3.99. The van der Waals surface area contributed by atoms with E-state index in [0.717, 1.165) is 17.7 Å². The molecule has 2 amide bonds. The van der Waals surface area contributed by atoms with Crippen molar-refractivity contribution in [2.24, 2.45) is 5.92 Å². The van der Waals surface area contributed by atoms with Gasteiger partial charge in [-0.05, 0) is 37.8 Å². The van der Waals surface area contributed by atoms with Crippen LogP contribution in [0, 0.1) is 11.7 Å². The van der Waals surface area contributed by atoms with E-state index in [0.29, 0.717) is 0 Å². The molecular formula is C14H14ClFN2O2. The second-order valence-corrected chi connectivity index (χ2v) is 5.89. The topological polar surface area (TPSA) is 49.4 Å². The lowest BCUT2D eigenvalue weighted by molar-refractivity contribution is -0.136. The highest BCUT2D eigenvalue weighted by atomic mass is 35.5. The summed E-state index contributed by atoms with van der Waals surface area (Å²) in [4.78, 5) is 25.7. The van der Waals surface area contributed by atoms with Crippen molar-refractivity contribution >= 4 is 29.1 Å². The smallest absolute Gasteiger partial charge is 0.253 e. The van der Waals surface area contributed by atoms with Crippen molar-refractivity contribution in [1.29, 1.82) is 0 Å². The number of hydrogen-bond donors (Lipinski definition) is 1. The number of rotatable bonds is 2. The number of nitrogens with one attached hydrogen (secondary N) is 1. The van der Waals surface area contributed by atoms with Gasteiger partial charge in [-0.3, -0.25) is 14.5 Å². The highest BCUT2D eigenvalue weighted by molar-refractivity contribution is 6.34. The van der Waals surface area contributed by atoms with Crippen molar-refractivity contribution in [2.45, 2.75) is 25.3 Å². The van der Waals surface area contributed by atoms with Crippen molar-refractivity contribution in [3.63, 3.8) is 0 Å². The molecule has 1 atom stereocenters. The van der Waals surface area contributed by atoms with Crippen LogP contribution in [-0.2, 0) is 9.59 Å². The zero-order chi connectivity index (χ0) is 14.5. The van der Waals surface area contributed by atoms with Crippen LogP contribution in [-0.4, -0.2) is 23.9 Å². The van der Waals surface area contributed by atoms with E-state index >= 15 is 0 Å². The zero-order valence-corrected chi connectivity index (χ0v) is 11.7. The van der Waals surface area contributed by atoms with Gasteiger partial charge in [0.15, 0.2) is 0 Å². The summed E-state index contributed by atoms with van der Waals surface area (Å²) in [6.45, 7) is 1.49. The van der Waals surface area contributed by atoms with Gasteiger partial charge in [-0.1, -0.05) is 17.7 Å². The third-order valence-corrected chi connectivity index (χ3v) is 4.30. The first-order valence-corrected chi connectivity index (χ1v) is 6.88. The van der Waals surface area contributed by atoms with Gasteiger partial charge in [-0.25, -0.2) is 4.39 Å². The molecule has 1 N–H and O–H groups in total. The SMILES string of the molecule is CC1(C2CC2)NC(=O)CN(c2c(F)cccc2Cl)C1=O. The fourth-order valence-corrected chi connectivity index (χ4v) is 3.01. The van der Waals surface area contributed by atoms with Gasteiger partial charge >= 0.3 is 0 Å². The Hall–Kier alpha value is -1.62. The molecule has 1 aliphatic heterocycles. The summed E-state index contributed by atoms with van der Waals surface area (Å²) in [5.74, 6) is -1.07. The zero-order valence-electron chi connectivity index (χ0n) is 11.0. The summed E-state index contributed by atoms with van der Waals surface area (Å²) in [5.41, 5.74) is -0.970. The molecule has 1 saturated heterocycles. The predicted molar refractivity (Wildman–Crippen MR) is 73.0 cm³/mol. The number of carbonyl (C=O) groups excluding carboxylic acids is 2. The molecule has 106 valence electrons. The summed E-state index contributed by atoms with van der Waals surface area (Å²) >= 11 is 6.00. The summed E-state index contributed by atoms with van der Waals surface area (Å²) in [6.07, 6.45) is 1.78. The molecule has 0 spiro atoms. The molecule has 3 rings (SSSR count). The van der Waals surface area contributed by atoms with Crippen LogP contribution in [0.5, 0.6) is 0 Å². The molecule has 0 radical (unpaired) electrons. The maximum atomic E-state index is 14.0. The fourth-order valence-electron chi connectivity index (χ4n) is 2.74. The van der Waals surface area contributed by atoms with Gasteiger partial charge in [0.05, 0.1) is 10.7 Å². The molecule has 0 aromatic heterocycles. The molecule has 2 aliphatic rings. The molecule has 20 heavy (non-hydrogen) atoms. The monoisotopic (exact) mass is 296 g/mol. The van der Waals surface area contributed by atoms with Crippen molar-refractivity contribution < 1.29 is 14.0 Å². The molecule has 1 unspecified atom stereocenters. The maximum Gasteiger partial charge on any atom is 0.253 e. The van der Waals surface area contributed by atoms with Crippen LogP contribution in [0.3, 0.4) is 0 Å². The Morgan fingerprint density at radius 2 is 2.10 bits per heavy atom. The summed E-state index contributed by atoms with van der Waals surface area (Å²) in [7, 11) is 0. The van der Waals surface area contributed by atoms with E-state index in [1.807, 2.05) is 0 Å². The van der Waals surface area contributed by atoms with Gasteiger partial charge in [0.1, 0.15) is 17.9 Å². The lowest BCUT2D eigenvalue weighted by atomic mass is 9.91. The maximum absolute atomic E-state index is 14.0. The van der Waals surface area contributed by atoms with E-state index in [4.69, 9.17) is 11.6 Å². The number of carbonyl (C=O) groups is 2. The third kappa shape index (κ3) is 1.97. The van der Waals surface area contributed by atoms with E-state index in [1.54, 1.807) is 6.92 Å². The van der Waals surface area contributed by atoms with E-state index in [9.17, 15) is 14.0 Å². The minimum absolute atomic E-state index is 0.0131. The largest absolute Gasteiger partial charge is 0.340 e. The van der Waals surface area contributed by atoms with Gasteiger partial charge in [-0.2, -0.15) is 0 Å². The second-order valence-electron chi connectivity index (χ2n) is 5.49. The van der Waals surface area contributed by atoms with Crippen LogP contribution in [0.25, 0.3) is 0 Å². The number of hydrogen-bond acceptors (Lipinski definition) is 2. The Labute approximate surface area is 120 Å². The first kappa shape index (κ1) is 13.4. The number of piperazine rings is 1. The van der Waals surface area contributed by atoms with Gasteiger partial charge < -0.3 is 5.32 Å². The van der Waals surface area contributed by atoms with Crippen LogP contribution < -0.4 is 10.2 Å². The Morgan fingerprint density at radius 1 is 1.40 bits per heavy atom. The molecule has 4 nitrogen and oxygen atoms in total.